The summed E-state index contributed by atoms with van der Waals surface area (Å²) in [5.41, 5.74) is -0.318. The van der Waals surface area contributed by atoms with Gasteiger partial charge in [0.05, 0.1) is 25.0 Å². The second kappa shape index (κ2) is 6.66. The van der Waals surface area contributed by atoms with Gasteiger partial charge in [-0.15, -0.1) is 0 Å². The Balaban J connectivity index is 1.79. The van der Waals surface area contributed by atoms with Gasteiger partial charge in [-0.25, -0.2) is 8.42 Å². The number of ether oxygens (including phenoxy) is 1. The molecule has 8 nitrogen and oxygen atoms in total. The lowest BCUT2D eigenvalue weighted by atomic mass is 10.0. The number of carbonyl (C=O) groups excluding carboxylic acids is 1. The molecule has 3 heterocycles. The zero-order valence-electron chi connectivity index (χ0n) is 13.5. The van der Waals surface area contributed by atoms with E-state index in [4.69, 9.17) is 4.74 Å². The van der Waals surface area contributed by atoms with Crippen molar-refractivity contribution in [3.05, 3.63) is 34.2 Å². The van der Waals surface area contributed by atoms with Crippen molar-refractivity contribution in [3.8, 4) is 0 Å². The van der Waals surface area contributed by atoms with Gasteiger partial charge < -0.3 is 14.6 Å². The van der Waals surface area contributed by atoms with Gasteiger partial charge in [0.2, 0.25) is 10.0 Å². The monoisotopic (exact) mass is 355 g/mol. The first-order chi connectivity index (χ1) is 11.4. The normalized spacial score (nSPS) is 25.8. The SMILES string of the molecule is CS(=O)(=O)N1CCO[C@@H]2CCN(C(=O)c3ccc[nH]c3=O)CC[C@@H]21. The molecule has 9 heteroatoms. The van der Waals surface area contributed by atoms with Crippen LogP contribution in [0.5, 0.6) is 0 Å². The quantitative estimate of drug-likeness (QED) is 0.781. The van der Waals surface area contributed by atoms with E-state index in [1.807, 2.05) is 0 Å². The van der Waals surface area contributed by atoms with Crippen LogP contribution in [0.1, 0.15) is 23.2 Å². The first-order valence-corrected chi connectivity index (χ1v) is 9.78. The van der Waals surface area contributed by atoms with Crippen molar-refractivity contribution in [2.24, 2.45) is 0 Å². The number of pyridine rings is 1. The van der Waals surface area contributed by atoms with Crippen LogP contribution in [0.2, 0.25) is 0 Å². The molecule has 2 aliphatic rings. The number of carbonyl (C=O) groups is 1. The second-order valence-corrected chi connectivity index (χ2v) is 8.07. The van der Waals surface area contributed by atoms with Crippen molar-refractivity contribution in [1.29, 1.82) is 0 Å². The lowest BCUT2D eigenvalue weighted by molar-refractivity contribution is -0.0406. The number of morpholine rings is 1. The zero-order chi connectivity index (χ0) is 17.3. The number of rotatable bonds is 2. The molecule has 3 rings (SSSR count). The van der Waals surface area contributed by atoms with E-state index in [1.165, 1.54) is 22.8 Å². The molecule has 2 atom stereocenters. The zero-order valence-corrected chi connectivity index (χ0v) is 14.3. The highest BCUT2D eigenvalue weighted by molar-refractivity contribution is 7.88. The number of nitrogens with zero attached hydrogens (tertiary/aromatic N) is 2. The number of aromatic nitrogens is 1. The number of H-pyrrole nitrogens is 1. The highest BCUT2D eigenvalue weighted by atomic mass is 32.2. The predicted molar refractivity (Wildman–Crippen MR) is 87.3 cm³/mol. The minimum Gasteiger partial charge on any atom is -0.375 e. The Hall–Kier alpha value is -1.71. The van der Waals surface area contributed by atoms with Crippen molar-refractivity contribution < 1.29 is 17.9 Å². The molecule has 2 fully saturated rings. The van der Waals surface area contributed by atoms with Gasteiger partial charge >= 0.3 is 0 Å². The molecule has 2 saturated heterocycles. The average Bonchev–Trinajstić information content (AvgIpc) is 2.76. The largest absolute Gasteiger partial charge is 0.375 e. The number of fused-ring (bicyclic) bond motifs is 1. The first kappa shape index (κ1) is 17.1. The summed E-state index contributed by atoms with van der Waals surface area (Å²) in [6, 6.07) is 2.85. The number of aromatic amines is 1. The second-order valence-electron chi connectivity index (χ2n) is 6.13. The molecule has 1 aromatic rings. The summed E-state index contributed by atoms with van der Waals surface area (Å²) in [5, 5.41) is 0. The van der Waals surface area contributed by atoms with Crippen LogP contribution in [-0.2, 0) is 14.8 Å². The van der Waals surface area contributed by atoms with Crippen LogP contribution < -0.4 is 5.56 Å². The molecular formula is C15H21N3O5S. The lowest BCUT2D eigenvalue weighted by Gasteiger charge is -2.38. The Morgan fingerprint density at radius 1 is 1.29 bits per heavy atom. The maximum absolute atomic E-state index is 12.6. The van der Waals surface area contributed by atoms with Gasteiger partial charge in [-0.05, 0) is 25.0 Å². The standard InChI is InChI=1S/C15H21N3O5S/c1-24(21,22)18-9-10-23-13-5-8-17(7-4-12(13)18)15(20)11-3-2-6-16-14(11)19/h2-3,6,12-13H,4-5,7-10H2,1H3,(H,16,19)/t12-,13+/m0/s1. The summed E-state index contributed by atoms with van der Waals surface area (Å²) >= 11 is 0. The molecule has 0 spiro atoms. The maximum atomic E-state index is 12.6. The Morgan fingerprint density at radius 2 is 2.04 bits per heavy atom. The highest BCUT2D eigenvalue weighted by Crippen LogP contribution is 2.26. The molecule has 0 radical (unpaired) electrons. The molecule has 1 aromatic heterocycles. The third-order valence-corrected chi connectivity index (χ3v) is 5.89. The van der Waals surface area contributed by atoms with Gasteiger partial charge in [0.1, 0.15) is 5.56 Å². The minimum absolute atomic E-state index is 0.100. The first-order valence-electron chi connectivity index (χ1n) is 7.93. The number of likely N-dealkylation sites (tertiary alicyclic amines) is 1. The Bertz CT molecular complexity index is 775. The summed E-state index contributed by atoms with van der Waals surface area (Å²) in [7, 11) is -3.31. The van der Waals surface area contributed by atoms with Crippen LogP contribution in [0.3, 0.4) is 0 Å². The molecule has 1 N–H and O–H groups in total. The van der Waals surface area contributed by atoms with Crippen LogP contribution in [0.15, 0.2) is 23.1 Å². The molecule has 0 aliphatic carbocycles. The summed E-state index contributed by atoms with van der Waals surface area (Å²) in [4.78, 5) is 28.5. The summed E-state index contributed by atoms with van der Waals surface area (Å²) in [6.45, 7) is 1.53. The van der Waals surface area contributed by atoms with E-state index >= 15 is 0 Å². The van der Waals surface area contributed by atoms with Crippen molar-refractivity contribution in [2.75, 3.05) is 32.5 Å². The van der Waals surface area contributed by atoms with Crippen LogP contribution in [0, 0.1) is 0 Å². The van der Waals surface area contributed by atoms with Gasteiger partial charge in [-0.2, -0.15) is 4.31 Å². The molecule has 132 valence electrons. The van der Waals surface area contributed by atoms with E-state index < -0.39 is 15.6 Å². The van der Waals surface area contributed by atoms with Crippen LogP contribution in [0.4, 0.5) is 0 Å². The van der Waals surface area contributed by atoms with Crippen molar-refractivity contribution in [1.82, 2.24) is 14.2 Å². The molecule has 24 heavy (non-hydrogen) atoms. The van der Waals surface area contributed by atoms with E-state index in [0.717, 1.165) is 0 Å². The van der Waals surface area contributed by atoms with Crippen LogP contribution in [-0.4, -0.2) is 73.2 Å². The van der Waals surface area contributed by atoms with Gasteiger partial charge in [0, 0.05) is 25.8 Å². The van der Waals surface area contributed by atoms with E-state index in [9.17, 15) is 18.0 Å². The Kier molecular flexibility index (Phi) is 4.75. The van der Waals surface area contributed by atoms with Gasteiger partial charge in [0.25, 0.3) is 11.5 Å². The number of hydrogen-bond donors (Lipinski definition) is 1. The topological polar surface area (TPSA) is 99.8 Å². The molecular weight excluding hydrogens is 334 g/mol. The van der Waals surface area contributed by atoms with Crippen LogP contribution >= 0.6 is 0 Å². The molecule has 0 unspecified atom stereocenters. The number of hydrogen-bond acceptors (Lipinski definition) is 5. The third kappa shape index (κ3) is 3.38. The van der Waals surface area contributed by atoms with Gasteiger partial charge in [0.15, 0.2) is 0 Å². The van der Waals surface area contributed by atoms with E-state index in [0.29, 0.717) is 39.1 Å². The molecule has 0 saturated carbocycles. The molecule has 0 bridgehead atoms. The van der Waals surface area contributed by atoms with Crippen molar-refractivity contribution in [2.45, 2.75) is 25.0 Å². The third-order valence-electron chi connectivity index (χ3n) is 4.58. The summed E-state index contributed by atoms with van der Waals surface area (Å²) in [6.07, 6.45) is 3.50. The average molecular weight is 355 g/mol. The fourth-order valence-electron chi connectivity index (χ4n) is 3.42. The Morgan fingerprint density at radius 3 is 2.75 bits per heavy atom. The van der Waals surface area contributed by atoms with E-state index in [-0.39, 0.29) is 23.6 Å². The van der Waals surface area contributed by atoms with Gasteiger partial charge in [-0.1, -0.05) is 0 Å². The minimum atomic E-state index is -3.31. The van der Waals surface area contributed by atoms with Crippen molar-refractivity contribution >= 4 is 15.9 Å². The highest BCUT2D eigenvalue weighted by Gasteiger charge is 2.39. The Labute approximate surface area is 140 Å². The summed E-state index contributed by atoms with van der Waals surface area (Å²) < 4.78 is 31.2. The predicted octanol–water partition coefficient (Wildman–Crippen LogP) is -0.360. The molecule has 1 amide bonds. The lowest BCUT2D eigenvalue weighted by Crippen LogP contribution is -2.53. The molecule has 0 aromatic carbocycles. The number of nitrogens with one attached hydrogen (secondary N) is 1. The fourth-order valence-corrected chi connectivity index (χ4v) is 4.56. The maximum Gasteiger partial charge on any atom is 0.260 e. The van der Waals surface area contributed by atoms with Crippen LogP contribution in [0.25, 0.3) is 0 Å². The van der Waals surface area contributed by atoms with Gasteiger partial charge in [-0.3, -0.25) is 9.59 Å². The number of amides is 1. The van der Waals surface area contributed by atoms with Crippen molar-refractivity contribution in [3.63, 3.8) is 0 Å². The van der Waals surface area contributed by atoms with E-state index in [1.54, 1.807) is 11.0 Å². The summed E-state index contributed by atoms with van der Waals surface area (Å²) in [5.74, 6) is -0.332. The van der Waals surface area contributed by atoms with E-state index in [2.05, 4.69) is 4.98 Å². The smallest absolute Gasteiger partial charge is 0.260 e. The number of sulfonamides is 1. The molecule has 2 aliphatic heterocycles. The fraction of sp³-hybridized carbons (Fsp3) is 0.600.